The highest BCUT2D eigenvalue weighted by Crippen LogP contribution is 2.25. The zero-order chi connectivity index (χ0) is 15.2. The van der Waals surface area contributed by atoms with Crippen molar-refractivity contribution in [3.05, 3.63) is 64.2 Å². The maximum absolute atomic E-state index is 5.95. The highest BCUT2D eigenvalue weighted by Gasteiger charge is 2.12. The molecule has 0 bridgehead atoms. The summed E-state index contributed by atoms with van der Waals surface area (Å²) in [6, 6.07) is 14.1. The lowest BCUT2D eigenvalue weighted by molar-refractivity contribution is 0.296. The molecule has 0 aliphatic heterocycles. The summed E-state index contributed by atoms with van der Waals surface area (Å²) in [5.74, 6) is 1.22. The maximum atomic E-state index is 5.95. The van der Waals surface area contributed by atoms with Crippen molar-refractivity contribution in [2.45, 2.75) is 26.2 Å². The molecule has 0 amide bonds. The van der Waals surface area contributed by atoms with Gasteiger partial charge in [0.15, 0.2) is 0 Å². The first-order valence-corrected chi connectivity index (χ1v) is 7.64. The first kappa shape index (κ1) is 15.9. The van der Waals surface area contributed by atoms with E-state index < -0.39 is 0 Å². The Labute approximate surface area is 131 Å². The molecule has 2 aromatic rings. The summed E-state index contributed by atoms with van der Waals surface area (Å²) in [5, 5.41) is 0.736. The van der Waals surface area contributed by atoms with Gasteiger partial charge in [0, 0.05) is 5.02 Å². The number of hydrogen-bond acceptors (Lipinski definition) is 2. The molecule has 0 saturated carbocycles. The zero-order valence-corrected chi connectivity index (χ0v) is 13.4. The second-order valence-electron chi connectivity index (χ2n) is 5.34. The highest BCUT2D eigenvalue weighted by molar-refractivity contribution is 6.30. The van der Waals surface area contributed by atoms with Crippen LogP contribution >= 0.6 is 11.6 Å². The fourth-order valence-electron chi connectivity index (χ4n) is 2.53. The van der Waals surface area contributed by atoms with Gasteiger partial charge in [-0.25, -0.2) is 0 Å². The Balaban J connectivity index is 1.96. The molecule has 0 radical (unpaired) electrons. The molecule has 0 aromatic heterocycles. The Morgan fingerprint density at radius 1 is 1.10 bits per heavy atom. The van der Waals surface area contributed by atoms with E-state index in [1.807, 2.05) is 25.1 Å². The molecule has 0 fully saturated rings. The molecule has 21 heavy (non-hydrogen) atoms. The number of benzene rings is 2. The van der Waals surface area contributed by atoms with Gasteiger partial charge in [0.2, 0.25) is 0 Å². The topological polar surface area (TPSA) is 35.2 Å². The van der Waals surface area contributed by atoms with Crippen LogP contribution in [-0.4, -0.2) is 13.2 Å². The van der Waals surface area contributed by atoms with Gasteiger partial charge in [0.25, 0.3) is 0 Å². The van der Waals surface area contributed by atoms with Crippen molar-refractivity contribution in [3.63, 3.8) is 0 Å². The van der Waals surface area contributed by atoms with Gasteiger partial charge < -0.3 is 10.5 Å². The van der Waals surface area contributed by atoms with Crippen molar-refractivity contribution < 1.29 is 4.74 Å². The molecular formula is C18H22ClNO. The molecule has 2 nitrogen and oxygen atoms in total. The summed E-state index contributed by atoms with van der Waals surface area (Å²) in [7, 11) is 0. The van der Waals surface area contributed by atoms with Gasteiger partial charge >= 0.3 is 0 Å². The van der Waals surface area contributed by atoms with E-state index in [0.29, 0.717) is 19.1 Å². The SMILES string of the molecule is Cc1cc(Cl)ccc1OCCC(CN)c1ccccc1C. The van der Waals surface area contributed by atoms with Crippen LogP contribution in [0.4, 0.5) is 0 Å². The molecule has 0 aliphatic rings. The van der Waals surface area contributed by atoms with Crippen LogP contribution in [0.5, 0.6) is 5.75 Å². The predicted octanol–water partition coefficient (Wildman–Crippen LogP) is 4.47. The molecule has 2 rings (SSSR count). The van der Waals surface area contributed by atoms with Gasteiger partial charge in [-0.2, -0.15) is 0 Å². The smallest absolute Gasteiger partial charge is 0.122 e. The van der Waals surface area contributed by atoms with Crippen molar-refractivity contribution in [1.29, 1.82) is 0 Å². The Morgan fingerprint density at radius 2 is 1.86 bits per heavy atom. The molecule has 2 aromatic carbocycles. The third kappa shape index (κ3) is 4.23. The van der Waals surface area contributed by atoms with E-state index in [0.717, 1.165) is 22.8 Å². The van der Waals surface area contributed by atoms with E-state index in [1.165, 1.54) is 11.1 Å². The van der Waals surface area contributed by atoms with Crippen molar-refractivity contribution >= 4 is 11.6 Å². The molecule has 1 unspecified atom stereocenters. The number of hydrogen-bond donors (Lipinski definition) is 1. The average molecular weight is 304 g/mol. The third-order valence-corrected chi connectivity index (χ3v) is 4.01. The summed E-state index contributed by atoms with van der Waals surface area (Å²) >= 11 is 5.95. The third-order valence-electron chi connectivity index (χ3n) is 3.77. The van der Waals surface area contributed by atoms with Crippen LogP contribution in [0, 0.1) is 13.8 Å². The van der Waals surface area contributed by atoms with Crippen molar-refractivity contribution in [1.82, 2.24) is 0 Å². The highest BCUT2D eigenvalue weighted by atomic mass is 35.5. The van der Waals surface area contributed by atoms with Gasteiger partial charge in [-0.05, 0) is 67.6 Å². The molecule has 3 heteroatoms. The summed E-state index contributed by atoms with van der Waals surface area (Å²) < 4.78 is 5.87. The van der Waals surface area contributed by atoms with Gasteiger partial charge in [0.1, 0.15) is 5.75 Å². The molecule has 2 N–H and O–H groups in total. The number of ether oxygens (including phenoxy) is 1. The van der Waals surface area contributed by atoms with E-state index in [-0.39, 0.29) is 0 Å². The van der Waals surface area contributed by atoms with Crippen LogP contribution in [0.2, 0.25) is 5.02 Å². The Kier molecular flexibility index (Phi) is 5.66. The van der Waals surface area contributed by atoms with E-state index in [1.54, 1.807) is 0 Å². The molecule has 0 heterocycles. The van der Waals surface area contributed by atoms with Crippen molar-refractivity contribution in [3.8, 4) is 5.75 Å². The first-order valence-electron chi connectivity index (χ1n) is 7.26. The Morgan fingerprint density at radius 3 is 2.52 bits per heavy atom. The van der Waals surface area contributed by atoms with Crippen LogP contribution in [0.25, 0.3) is 0 Å². The lowest BCUT2D eigenvalue weighted by Gasteiger charge is -2.18. The van der Waals surface area contributed by atoms with Crippen LogP contribution in [0.1, 0.15) is 29.0 Å². The normalized spacial score (nSPS) is 12.2. The lowest BCUT2D eigenvalue weighted by Crippen LogP contribution is -2.16. The summed E-state index contributed by atoms with van der Waals surface area (Å²) in [4.78, 5) is 0. The second kappa shape index (κ2) is 7.48. The molecule has 0 saturated heterocycles. The molecule has 112 valence electrons. The number of halogens is 1. The lowest BCUT2D eigenvalue weighted by atomic mass is 9.92. The van der Waals surface area contributed by atoms with Crippen LogP contribution in [-0.2, 0) is 0 Å². The maximum Gasteiger partial charge on any atom is 0.122 e. The van der Waals surface area contributed by atoms with E-state index in [4.69, 9.17) is 22.1 Å². The van der Waals surface area contributed by atoms with Gasteiger partial charge in [0.05, 0.1) is 6.61 Å². The van der Waals surface area contributed by atoms with Crippen LogP contribution in [0.15, 0.2) is 42.5 Å². The molecule has 1 atom stereocenters. The number of rotatable bonds is 6. The molecule has 0 aliphatic carbocycles. The largest absolute Gasteiger partial charge is 0.493 e. The Hall–Kier alpha value is -1.51. The Bertz CT molecular complexity index is 598. The standard InChI is InChI=1S/C18H22ClNO/c1-13-5-3-4-6-17(13)15(12-20)9-10-21-18-8-7-16(19)11-14(18)2/h3-8,11,15H,9-10,12,20H2,1-2H3. The van der Waals surface area contributed by atoms with Crippen molar-refractivity contribution in [2.24, 2.45) is 5.73 Å². The van der Waals surface area contributed by atoms with Crippen LogP contribution < -0.4 is 10.5 Å². The second-order valence-corrected chi connectivity index (χ2v) is 5.77. The monoisotopic (exact) mass is 303 g/mol. The van der Waals surface area contributed by atoms with Crippen LogP contribution in [0.3, 0.4) is 0 Å². The van der Waals surface area contributed by atoms with Crippen molar-refractivity contribution in [2.75, 3.05) is 13.2 Å². The van der Waals surface area contributed by atoms with E-state index in [9.17, 15) is 0 Å². The van der Waals surface area contributed by atoms with E-state index >= 15 is 0 Å². The van der Waals surface area contributed by atoms with E-state index in [2.05, 4.69) is 31.2 Å². The molecule has 0 spiro atoms. The minimum atomic E-state index is 0.332. The quantitative estimate of drug-likeness (QED) is 0.854. The van der Waals surface area contributed by atoms with Gasteiger partial charge in [-0.3, -0.25) is 0 Å². The minimum Gasteiger partial charge on any atom is -0.493 e. The fraction of sp³-hybridized carbons (Fsp3) is 0.333. The number of nitrogens with two attached hydrogens (primary N) is 1. The van der Waals surface area contributed by atoms with Gasteiger partial charge in [-0.1, -0.05) is 35.9 Å². The molecular weight excluding hydrogens is 282 g/mol. The average Bonchev–Trinajstić information content (AvgIpc) is 2.47. The summed E-state index contributed by atoms with van der Waals surface area (Å²) in [6.45, 7) is 5.41. The minimum absolute atomic E-state index is 0.332. The fourth-order valence-corrected chi connectivity index (χ4v) is 2.76. The number of aryl methyl sites for hydroxylation is 2. The zero-order valence-electron chi connectivity index (χ0n) is 12.6. The predicted molar refractivity (Wildman–Crippen MR) is 89.3 cm³/mol. The first-order chi connectivity index (χ1) is 10.1. The summed E-state index contributed by atoms with van der Waals surface area (Å²) in [5.41, 5.74) is 9.59. The van der Waals surface area contributed by atoms with Gasteiger partial charge in [-0.15, -0.1) is 0 Å². The summed E-state index contributed by atoms with van der Waals surface area (Å²) in [6.07, 6.45) is 0.906.